The molecular formula is C14H16N2O4. The average Bonchev–Trinajstić information content (AvgIpc) is 2.86. The number of rotatable bonds is 5. The van der Waals surface area contributed by atoms with Crippen LogP contribution in [0.5, 0.6) is 5.75 Å². The van der Waals surface area contributed by atoms with Gasteiger partial charge in [0.05, 0.1) is 13.7 Å². The summed E-state index contributed by atoms with van der Waals surface area (Å²) in [5.74, 6) is 0.101. The smallest absolute Gasteiger partial charge is 0.356 e. The van der Waals surface area contributed by atoms with Crippen molar-refractivity contribution in [2.45, 2.75) is 13.3 Å². The molecule has 0 saturated carbocycles. The van der Waals surface area contributed by atoms with E-state index < -0.39 is 5.97 Å². The lowest BCUT2D eigenvalue weighted by Gasteiger charge is -2.04. The number of aromatic nitrogens is 1. The molecule has 2 aromatic rings. The number of carbonyl (C=O) groups is 1. The molecule has 0 radical (unpaired) electrons. The van der Waals surface area contributed by atoms with Gasteiger partial charge in [-0.25, -0.2) is 4.79 Å². The topological polar surface area (TPSA) is 83.9 Å². The lowest BCUT2D eigenvalue weighted by atomic mass is 10.1. The zero-order valence-corrected chi connectivity index (χ0v) is 11.3. The van der Waals surface area contributed by atoms with Crippen LogP contribution in [0.1, 0.15) is 12.5 Å². The molecule has 6 nitrogen and oxygen atoms in total. The Kier molecular flexibility index (Phi) is 4.24. The molecule has 0 bridgehead atoms. The van der Waals surface area contributed by atoms with Crippen molar-refractivity contribution >= 4 is 22.6 Å². The molecule has 0 fully saturated rings. The average molecular weight is 276 g/mol. The largest absolute Gasteiger partial charge is 0.497 e. The summed E-state index contributed by atoms with van der Waals surface area (Å²) in [6.45, 7) is 1.93. The van der Waals surface area contributed by atoms with Crippen LogP contribution in [0.3, 0.4) is 0 Å². The van der Waals surface area contributed by atoms with Crippen molar-refractivity contribution in [2.24, 2.45) is 5.16 Å². The van der Waals surface area contributed by atoms with E-state index in [1.807, 2.05) is 18.2 Å². The highest BCUT2D eigenvalue weighted by Crippen LogP contribution is 2.24. The molecule has 0 spiro atoms. The number of esters is 1. The minimum absolute atomic E-state index is 0.0319. The quantitative estimate of drug-likeness (QED) is 0.379. The number of H-pyrrole nitrogens is 1. The summed E-state index contributed by atoms with van der Waals surface area (Å²) in [4.78, 5) is 14.7. The van der Waals surface area contributed by atoms with Crippen LogP contribution in [0, 0.1) is 0 Å². The first-order valence-electron chi connectivity index (χ1n) is 6.21. The Balaban J connectivity index is 2.31. The van der Waals surface area contributed by atoms with E-state index >= 15 is 0 Å². The number of hydrogen-bond donors (Lipinski definition) is 2. The van der Waals surface area contributed by atoms with Gasteiger partial charge in [0.25, 0.3) is 0 Å². The van der Waals surface area contributed by atoms with Gasteiger partial charge in [-0.3, -0.25) is 0 Å². The summed E-state index contributed by atoms with van der Waals surface area (Å²) in [6, 6.07) is 5.59. The number of nitrogens with one attached hydrogen (secondary N) is 1. The van der Waals surface area contributed by atoms with Crippen LogP contribution < -0.4 is 4.74 Å². The van der Waals surface area contributed by atoms with E-state index in [-0.39, 0.29) is 18.7 Å². The van der Waals surface area contributed by atoms with Gasteiger partial charge in [-0.15, -0.1) is 0 Å². The van der Waals surface area contributed by atoms with Crippen LogP contribution >= 0.6 is 0 Å². The third-order valence-corrected chi connectivity index (χ3v) is 2.96. The summed E-state index contributed by atoms with van der Waals surface area (Å²) >= 11 is 0. The molecule has 106 valence electrons. The maximum atomic E-state index is 11.6. The summed E-state index contributed by atoms with van der Waals surface area (Å²) in [7, 11) is 1.59. The third-order valence-electron chi connectivity index (χ3n) is 2.96. The fourth-order valence-corrected chi connectivity index (χ4v) is 1.97. The highest BCUT2D eigenvalue weighted by Gasteiger charge is 2.16. The highest BCUT2D eigenvalue weighted by molar-refractivity contribution is 6.37. The molecule has 0 amide bonds. The lowest BCUT2D eigenvalue weighted by Crippen LogP contribution is -2.19. The van der Waals surface area contributed by atoms with Crippen molar-refractivity contribution in [1.82, 2.24) is 4.98 Å². The van der Waals surface area contributed by atoms with Gasteiger partial charge in [0, 0.05) is 23.5 Å². The Bertz CT molecular complexity index is 646. The number of nitrogens with zero attached hydrogens (tertiary/aromatic N) is 1. The molecule has 1 aromatic carbocycles. The summed E-state index contributed by atoms with van der Waals surface area (Å²) < 4.78 is 10.0. The van der Waals surface area contributed by atoms with Gasteiger partial charge in [0.2, 0.25) is 0 Å². The molecule has 2 N–H and O–H groups in total. The number of oxime groups is 1. The second-order valence-corrected chi connectivity index (χ2v) is 4.17. The summed E-state index contributed by atoms with van der Waals surface area (Å²) in [6.07, 6.45) is 1.96. The number of carbonyl (C=O) groups excluding carboxylic acids is 1. The van der Waals surface area contributed by atoms with E-state index in [0.717, 1.165) is 22.2 Å². The van der Waals surface area contributed by atoms with Gasteiger partial charge >= 0.3 is 5.97 Å². The fraction of sp³-hybridized carbons (Fsp3) is 0.286. The van der Waals surface area contributed by atoms with Crippen LogP contribution in [-0.4, -0.2) is 35.6 Å². The number of benzene rings is 1. The first-order valence-corrected chi connectivity index (χ1v) is 6.21. The molecular weight excluding hydrogens is 260 g/mol. The normalized spacial score (nSPS) is 11.6. The first kappa shape index (κ1) is 13.9. The Morgan fingerprint density at radius 3 is 2.90 bits per heavy atom. The van der Waals surface area contributed by atoms with Gasteiger partial charge in [-0.2, -0.15) is 0 Å². The van der Waals surface area contributed by atoms with Crippen molar-refractivity contribution in [2.75, 3.05) is 13.7 Å². The molecule has 0 atom stereocenters. The maximum absolute atomic E-state index is 11.6. The number of methoxy groups -OCH3 is 1. The predicted molar refractivity (Wildman–Crippen MR) is 74.4 cm³/mol. The van der Waals surface area contributed by atoms with Gasteiger partial charge in [0.15, 0.2) is 5.71 Å². The molecule has 0 aliphatic heterocycles. The molecule has 1 aromatic heterocycles. The number of ether oxygens (including phenoxy) is 2. The van der Waals surface area contributed by atoms with Crippen LogP contribution in [0.15, 0.2) is 29.6 Å². The van der Waals surface area contributed by atoms with Crippen LogP contribution in [0.4, 0.5) is 0 Å². The van der Waals surface area contributed by atoms with E-state index in [9.17, 15) is 4.79 Å². The van der Waals surface area contributed by atoms with Gasteiger partial charge in [-0.1, -0.05) is 5.16 Å². The van der Waals surface area contributed by atoms with Gasteiger partial charge in [-0.05, 0) is 30.7 Å². The number of fused-ring (bicyclic) bond motifs is 1. The molecule has 0 aliphatic carbocycles. The van der Waals surface area contributed by atoms with Crippen molar-refractivity contribution in [3.8, 4) is 5.75 Å². The summed E-state index contributed by atoms with van der Waals surface area (Å²) in [5, 5.41) is 12.9. The van der Waals surface area contributed by atoms with E-state index in [0.29, 0.717) is 0 Å². The fourth-order valence-electron chi connectivity index (χ4n) is 1.97. The Hall–Kier alpha value is -2.50. The van der Waals surface area contributed by atoms with Crippen molar-refractivity contribution < 1.29 is 19.5 Å². The molecule has 2 rings (SSSR count). The molecule has 1 heterocycles. The zero-order chi connectivity index (χ0) is 14.5. The van der Waals surface area contributed by atoms with E-state index in [1.165, 1.54) is 0 Å². The van der Waals surface area contributed by atoms with E-state index in [1.54, 1.807) is 20.2 Å². The Morgan fingerprint density at radius 1 is 1.45 bits per heavy atom. The minimum atomic E-state index is -0.618. The first-order chi connectivity index (χ1) is 9.69. The second-order valence-electron chi connectivity index (χ2n) is 4.17. The molecule has 6 heteroatoms. The zero-order valence-electron chi connectivity index (χ0n) is 11.3. The number of aromatic amines is 1. The Morgan fingerprint density at radius 2 is 2.25 bits per heavy atom. The van der Waals surface area contributed by atoms with Crippen LogP contribution in [0.2, 0.25) is 0 Å². The molecule has 0 unspecified atom stereocenters. The van der Waals surface area contributed by atoms with E-state index in [4.69, 9.17) is 14.7 Å². The maximum Gasteiger partial charge on any atom is 0.356 e. The lowest BCUT2D eigenvalue weighted by molar-refractivity contribution is -0.135. The van der Waals surface area contributed by atoms with E-state index in [2.05, 4.69) is 10.1 Å². The molecule has 0 aliphatic rings. The number of hydrogen-bond acceptors (Lipinski definition) is 5. The summed E-state index contributed by atoms with van der Waals surface area (Å²) in [5.41, 5.74) is 1.72. The molecule has 20 heavy (non-hydrogen) atoms. The van der Waals surface area contributed by atoms with Gasteiger partial charge in [0.1, 0.15) is 5.75 Å². The van der Waals surface area contributed by atoms with Crippen LogP contribution in [-0.2, 0) is 16.0 Å². The van der Waals surface area contributed by atoms with Crippen molar-refractivity contribution in [1.29, 1.82) is 0 Å². The van der Waals surface area contributed by atoms with Crippen LogP contribution in [0.25, 0.3) is 10.9 Å². The molecule has 0 saturated heterocycles. The SMILES string of the molecule is CCOC(=O)C(Cc1c[nH]c2ccc(OC)cc12)=NO. The second kappa shape index (κ2) is 6.10. The standard InChI is InChI=1S/C14H16N2O4/c1-3-20-14(17)13(16-18)6-9-8-15-12-5-4-10(19-2)7-11(9)12/h4-5,7-8,15,18H,3,6H2,1-2H3. The van der Waals surface area contributed by atoms with Crippen molar-refractivity contribution in [3.05, 3.63) is 30.0 Å². The van der Waals surface area contributed by atoms with Crippen molar-refractivity contribution in [3.63, 3.8) is 0 Å². The van der Waals surface area contributed by atoms with Gasteiger partial charge < -0.3 is 19.7 Å². The predicted octanol–water partition coefficient (Wildman–Crippen LogP) is 2.11. The minimum Gasteiger partial charge on any atom is -0.497 e. The highest BCUT2D eigenvalue weighted by atomic mass is 16.5. The monoisotopic (exact) mass is 276 g/mol. The Labute approximate surface area is 116 Å². The third kappa shape index (κ3) is 2.74.